The van der Waals surface area contributed by atoms with Gasteiger partial charge in [-0.25, -0.2) is 0 Å². The molecule has 1 amide bonds. The number of nitrogens with one attached hydrogen (secondary N) is 1. The van der Waals surface area contributed by atoms with Crippen LogP contribution in [0.5, 0.6) is 0 Å². The Morgan fingerprint density at radius 1 is 1.09 bits per heavy atom. The van der Waals surface area contributed by atoms with Crippen molar-refractivity contribution in [2.75, 3.05) is 6.61 Å². The van der Waals surface area contributed by atoms with Crippen LogP contribution in [-0.4, -0.2) is 18.6 Å². The zero-order valence-corrected chi connectivity index (χ0v) is 13.8. The average Bonchev–Trinajstić information content (AvgIpc) is 2.56. The fourth-order valence-electron chi connectivity index (χ4n) is 2.70. The summed E-state index contributed by atoms with van der Waals surface area (Å²) in [6, 6.07) is 17.7. The molecule has 114 valence electrons. The Kier molecular flexibility index (Phi) is 4.90. The molecule has 4 heteroatoms. The van der Waals surface area contributed by atoms with Gasteiger partial charge in [-0.3, -0.25) is 4.79 Å². The van der Waals surface area contributed by atoms with Gasteiger partial charge in [0, 0.05) is 22.7 Å². The van der Waals surface area contributed by atoms with E-state index < -0.39 is 0 Å². The number of halogens is 1. The molecular formula is C18H18BrNO2. The van der Waals surface area contributed by atoms with E-state index in [2.05, 4.69) is 33.4 Å². The van der Waals surface area contributed by atoms with Gasteiger partial charge in [0.05, 0.1) is 6.10 Å². The Hall–Kier alpha value is -1.65. The number of carbonyl (C=O) groups is 1. The molecule has 1 aliphatic heterocycles. The number of hydrogen-bond acceptors (Lipinski definition) is 2. The normalized spacial score (nSPS) is 21.3. The van der Waals surface area contributed by atoms with Crippen molar-refractivity contribution in [3.05, 3.63) is 70.2 Å². The summed E-state index contributed by atoms with van der Waals surface area (Å²) in [6.45, 7) is 0.667. The second-order valence-corrected chi connectivity index (χ2v) is 6.39. The minimum atomic E-state index is -0.0120. The molecule has 1 fully saturated rings. The summed E-state index contributed by atoms with van der Waals surface area (Å²) in [5.74, 6) is -0.0120. The van der Waals surface area contributed by atoms with Crippen LogP contribution < -0.4 is 5.32 Å². The van der Waals surface area contributed by atoms with Gasteiger partial charge >= 0.3 is 0 Å². The third-order valence-corrected chi connectivity index (χ3v) is 4.43. The molecule has 22 heavy (non-hydrogen) atoms. The summed E-state index contributed by atoms with van der Waals surface area (Å²) >= 11 is 3.44. The topological polar surface area (TPSA) is 38.3 Å². The summed E-state index contributed by atoms with van der Waals surface area (Å²) in [5, 5.41) is 3.12. The van der Waals surface area contributed by atoms with Crippen molar-refractivity contribution in [3.8, 4) is 0 Å². The van der Waals surface area contributed by atoms with E-state index in [0.717, 1.165) is 22.9 Å². The van der Waals surface area contributed by atoms with Crippen LogP contribution in [0.4, 0.5) is 0 Å². The molecule has 0 saturated carbocycles. The molecule has 3 rings (SSSR count). The number of amides is 1. The Morgan fingerprint density at radius 3 is 2.55 bits per heavy atom. The quantitative estimate of drug-likeness (QED) is 0.895. The standard InChI is InChI=1S/C18H18BrNO2/c19-15-8-6-13(7-9-15)17-12-16(10-11-22-17)20-18(21)14-4-2-1-3-5-14/h1-9,16-17H,10-12H2,(H,20,21)/t16-,17+/m0/s1. The van der Waals surface area contributed by atoms with Crippen molar-refractivity contribution in [2.24, 2.45) is 0 Å². The van der Waals surface area contributed by atoms with E-state index in [1.54, 1.807) is 0 Å². The number of ether oxygens (including phenoxy) is 1. The summed E-state index contributed by atoms with van der Waals surface area (Å²) in [4.78, 5) is 12.2. The molecule has 2 aromatic carbocycles. The van der Waals surface area contributed by atoms with Crippen LogP contribution in [0.15, 0.2) is 59.1 Å². The number of rotatable bonds is 3. The molecule has 0 radical (unpaired) electrons. The summed E-state index contributed by atoms with van der Waals surface area (Å²) in [5.41, 5.74) is 1.86. The van der Waals surface area contributed by atoms with Crippen LogP contribution in [0.2, 0.25) is 0 Å². The van der Waals surface area contributed by atoms with E-state index in [1.165, 1.54) is 0 Å². The lowest BCUT2D eigenvalue weighted by Crippen LogP contribution is -2.39. The van der Waals surface area contributed by atoms with Gasteiger partial charge < -0.3 is 10.1 Å². The fourth-order valence-corrected chi connectivity index (χ4v) is 2.96. The first-order valence-corrected chi connectivity index (χ1v) is 8.24. The van der Waals surface area contributed by atoms with Gasteiger partial charge in [0.1, 0.15) is 0 Å². The van der Waals surface area contributed by atoms with Crippen molar-refractivity contribution >= 4 is 21.8 Å². The first-order chi connectivity index (χ1) is 10.7. The summed E-state index contributed by atoms with van der Waals surface area (Å²) in [7, 11) is 0. The van der Waals surface area contributed by atoms with Gasteiger partial charge in [-0.2, -0.15) is 0 Å². The molecular weight excluding hydrogens is 342 g/mol. The monoisotopic (exact) mass is 359 g/mol. The highest BCUT2D eigenvalue weighted by Crippen LogP contribution is 2.29. The van der Waals surface area contributed by atoms with E-state index >= 15 is 0 Å². The molecule has 0 bridgehead atoms. The van der Waals surface area contributed by atoms with Crippen molar-refractivity contribution < 1.29 is 9.53 Å². The summed E-state index contributed by atoms with van der Waals surface area (Å²) < 4.78 is 6.91. The van der Waals surface area contributed by atoms with Crippen LogP contribution in [0, 0.1) is 0 Å². The van der Waals surface area contributed by atoms with Crippen LogP contribution >= 0.6 is 15.9 Å². The van der Waals surface area contributed by atoms with E-state index in [0.29, 0.717) is 12.2 Å². The average molecular weight is 360 g/mol. The molecule has 3 nitrogen and oxygen atoms in total. The van der Waals surface area contributed by atoms with Crippen LogP contribution in [0.3, 0.4) is 0 Å². The van der Waals surface area contributed by atoms with Crippen molar-refractivity contribution in [2.45, 2.75) is 25.0 Å². The minimum Gasteiger partial charge on any atom is -0.373 e. The van der Waals surface area contributed by atoms with Gasteiger partial charge in [0.2, 0.25) is 0 Å². The third-order valence-electron chi connectivity index (χ3n) is 3.90. The predicted octanol–water partition coefficient (Wildman–Crippen LogP) is 4.10. The van der Waals surface area contributed by atoms with Crippen molar-refractivity contribution in [3.63, 3.8) is 0 Å². The molecule has 0 unspecified atom stereocenters. The van der Waals surface area contributed by atoms with E-state index in [9.17, 15) is 4.79 Å². The molecule has 2 atom stereocenters. The number of carbonyl (C=O) groups excluding carboxylic acids is 1. The maximum absolute atomic E-state index is 12.2. The van der Waals surface area contributed by atoms with Gasteiger partial charge in [0.25, 0.3) is 5.91 Å². The predicted molar refractivity (Wildman–Crippen MR) is 89.8 cm³/mol. The van der Waals surface area contributed by atoms with Gasteiger partial charge in [-0.1, -0.05) is 46.3 Å². The van der Waals surface area contributed by atoms with Crippen molar-refractivity contribution in [1.82, 2.24) is 5.32 Å². The van der Waals surface area contributed by atoms with Crippen molar-refractivity contribution in [1.29, 1.82) is 0 Å². The lowest BCUT2D eigenvalue weighted by molar-refractivity contribution is 0.000899. The SMILES string of the molecule is O=C(N[C@H]1CCO[C@@H](c2ccc(Br)cc2)C1)c1ccccc1. The highest BCUT2D eigenvalue weighted by molar-refractivity contribution is 9.10. The van der Waals surface area contributed by atoms with Gasteiger partial charge in [-0.05, 0) is 42.7 Å². The Balaban J connectivity index is 1.63. The van der Waals surface area contributed by atoms with Gasteiger partial charge in [0.15, 0.2) is 0 Å². The lowest BCUT2D eigenvalue weighted by atomic mass is 9.97. The van der Waals surface area contributed by atoms with E-state index in [-0.39, 0.29) is 18.1 Å². The molecule has 1 saturated heterocycles. The van der Waals surface area contributed by atoms with E-state index in [1.807, 2.05) is 42.5 Å². The number of benzene rings is 2. The first kappa shape index (κ1) is 15.3. The zero-order chi connectivity index (χ0) is 15.4. The maximum Gasteiger partial charge on any atom is 0.251 e. The molecule has 0 aliphatic carbocycles. The van der Waals surface area contributed by atoms with Crippen LogP contribution in [-0.2, 0) is 4.74 Å². The molecule has 0 aromatic heterocycles. The Morgan fingerprint density at radius 2 is 1.82 bits per heavy atom. The Labute approximate surface area is 138 Å². The van der Waals surface area contributed by atoms with Crippen LogP contribution in [0.1, 0.15) is 34.9 Å². The lowest BCUT2D eigenvalue weighted by Gasteiger charge is -2.30. The second kappa shape index (κ2) is 7.07. The smallest absolute Gasteiger partial charge is 0.251 e. The van der Waals surface area contributed by atoms with E-state index in [4.69, 9.17) is 4.74 Å². The second-order valence-electron chi connectivity index (χ2n) is 5.47. The van der Waals surface area contributed by atoms with Crippen LogP contribution in [0.25, 0.3) is 0 Å². The zero-order valence-electron chi connectivity index (χ0n) is 12.2. The molecule has 1 N–H and O–H groups in total. The number of hydrogen-bond donors (Lipinski definition) is 1. The minimum absolute atomic E-state index is 0.0120. The highest BCUT2D eigenvalue weighted by atomic mass is 79.9. The Bertz CT molecular complexity index is 627. The molecule has 2 aromatic rings. The maximum atomic E-state index is 12.2. The molecule has 1 aliphatic rings. The van der Waals surface area contributed by atoms with Gasteiger partial charge in [-0.15, -0.1) is 0 Å². The molecule has 1 heterocycles. The third kappa shape index (κ3) is 3.76. The summed E-state index contributed by atoms with van der Waals surface area (Å²) in [6.07, 6.45) is 1.70. The highest BCUT2D eigenvalue weighted by Gasteiger charge is 2.25. The molecule has 0 spiro atoms. The fraction of sp³-hybridized carbons (Fsp3) is 0.278. The first-order valence-electron chi connectivity index (χ1n) is 7.45. The largest absolute Gasteiger partial charge is 0.373 e.